The van der Waals surface area contributed by atoms with Crippen LogP contribution in [0.25, 0.3) is 0 Å². The molecule has 1 saturated heterocycles. The van der Waals surface area contributed by atoms with Crippen molar-refractivity contribution in [3.05, 3.63) is 47.6 Å². The molecule has 1 aliphatic rings. The molecule has 2 amide bonds. The van der Waals surface area contributed by atoms with Crippen LogP contribution >= 0.6 is 0 Å². The summed E-state index contributed by atoms with van der Waals surface area (Å²) in [5.41, 5.74) is 6.30. The van der Waals surface area contributed by atoms with E-state index in [1.54, 1.807) is 0 Å². The van der Waals surface area contributed by atoms with Crippen molar-refractivity contribution in [2.75, 3.05) is 19.6 Å². The molecule has 3 rings (SSSR count). The minimum absolute atomic E-state index is 0.415. The predicted molar refractivity (Wildman–Crippen MR) is 89.1 cm³/mol. The third-order valence-corrected chi connectivity index (χ3v) is 4.24. The van der Waals surface area contributed by atoms with Gasteiger partial charge in [0, 0.05) is 19.5 Å². The number of piperidine rings is 1. The number of carbonyl (C=O) groups is 1. The maximum Gasteiger partial charge on any atom is 0.312 e. The molecule has 1 aliphatic heterocycles. The summed E-state index contributed by atoms with van der Waals surface area (Å²) >= 11 is 0. The zero-order chi connectivity index (χ0) is 16.8. The standard InChI is InChI=1S/C17H23N5O2/c18-17(23)19-10-14-7-4-8-22(11-14)12-16-20-15(21-24-16)9-13-5-2-1-3-6-13/h1-3,5-6,14H,4,7-12H2,(H3,18,19,23)/t14-/m1/s1. The lowest BCUT2D eigenvalue weighted by atomic mass is 9.98. The lowest BCUT2D eigenvalue weighted by molar-refractivity contribution is 0.149. The molecule has 7 nitrogen and oxygen atoms in total. The van der Waals surface area contributed by atoms with E-state index < -0.39 is 6.03 Å². The molecule has 128 valence electrons. The molecule has 0 bridgehead atoms. The fourth-order valence-electron chi connectivity index (χ4n) is 3.10. The molecule has 1 aromatic heterocycles. The first-order chi connectivity index (χ1) is 11.7. The van der Waals surface area contributed by atoms with Crippen molar-refractivity contribution in [1.29, 1.82) is 0 Å². The highest BCUT2D eigenvalue weighted by Crippen LogP contribution is 2.18. The summed E-state index contributed by atoms with van der Waals surface area (Å²) in [5.74, 6) is 1.77. The topological polar surface area (TPSA) is 97.3 Å². The summed E-state index contributed by atoms with van der Waals surface area (Å²) in [4.78, 5) is 17.6. The van der Waals surface area contributed by atoms with Gasteiger partial charge in [0.05, 0.1) is 6.54 Å². The van der Waals surface area contributed by atoms with Gasteiger partial charge in [-0.2, -0.15) is 4.98 Å². The smallest absolute Gasteiger partial charge is 0.312 e. The first-order valence-electron chi connectivity index (χ1n) is 8.30. The van der Waals surface area contributed by atoms with Crippen LogP contribution in [0, 0.1) is 5.92 Å². The van der Waals surface area contributed by atoms with Gasteiger partial charge in [0.1, 0.15) is 0 Å². The Morgan fingerprint density at radius 1 is 1.38 bits per heavy atom. The number of benzene rings is 1. The van der Waals surface area contributed by atoms with Gasteiger partial charge < -0.3 is 15.6 Å². The molecule has 1 atom stereocenters. The SMILES string of the molecule is NC(=O)NC[C@H]1CCCN(Cc2nc(Cc3ccccc3)no2)C1. The van der Waals surface area contributed by atoms with Gasteiger partial charge in [-0.05, 0) is 30.9 Å². The number of hydrogen-bond acceptors (Lipinski definition) is 5. The van der Waals surface area contributed by atoms with Gasteiger partial charge in [-0.3, -0.25) is 4.90 Å². The quantitative estimate of drug-likeness (QED) is 0.838. The van der Waals surface area contributed by atoms with Crippen molar-refractivity contribution >= 4 is 6.03 Å². The Bertz CT molecular complexity index is 658. The molecule has 7 heteroatoms. The second-order valence-electron chi connectivity index (χ2n) is 6.26. The van der Waals surface area contributed by atoms with E-state index >= 15 is 0 Å². The molecule has 3 N–H and O–H groups in total. The Morgan fingerprint density at radius 3 is 3.00 bits per heavy atom. The third kappa shape index (κ3) is 4.79. The molecule has 1 aromatic carbocycles. The lowest BCUT2D eigenvalue weighted by Crippen LogP contribution is -2.41. The largest absolute Gasteiger partial charge is 0.352 e. The monoisotopic (exact) mass is 329 g/mol. The molecule has 0 radical (unpaired) electrons. The van der Waals surface area contributed by atoms with Gasteiger partial charge in [-0.1, -0.05) is 35.5 Å². The average Bonchev–Trinajstić information content (AvgIpc) is 3.01. The van der Waals surface area contributed by atoms with Crippen LogP contribution in [0.5, 0.6) is 0 Å². The number of urea groups is 1. The van der Waals surface area contributed by atoms with Crippen LogP contribution in [-0.2, 0) is 13.0 Å². The van der Waals surface area contributed by atoms with E-state index in [1.165, 1.54) is 5.56 Å². The first-order valence-corrected chi connectivity index (χ1v) is 8.30. The van der Waals surface area contributed by atoms with E-state index in [0.717, 1.165) is 25.9 Å². The summed E-state index contributed by atoms with van der Waals surface area (Å²) in [6.07, 6.45) is 2.87. The Morgan fingerprint density at radius 2 is 2.21 bits per heavy atom. The predicted octanol–water partition coefficient (Wildman–Crippen LogP) is 1.54. The van der Waals surface area contributed by atoms with Crippen molar-refractivity contribution < 1.29 is 9.32 Å². The highest BCUT2D eigenvalue weighted by molar-refractivity contribution is 5.71. The van der Waals surface area contributed by atoms with Gasteiger partial charge in [0.25, 0.3) is 0 Å². The molecule has 1 fully saturated rings. The first kappa shape index (κ1) is 16.4. The normalized spacial score (nSPS) is 18.4. The van der Waals surface area contributed by atoms with Gasteiger partial charge in [-0.25, -0.2) is 4.79 Å². The number of likely N-dealkylation sites (tertiary alicyclic amines) is 1. The highest BCUT2D eigenvalue weighted by Gasteiger charge is 2.22. The number of nitrogens with zero attached hydrogens (tertiary/aromatic N) is 3. The fraction of sp³-hybridized carbons (Fsp3) is 0.471. The molecule has 0 aliphatic carbocycles. The average molecular weight is 329 g/mol. The minimum Gasteiger partial charge on any atom is -0.352 e. The maximum absolute atomic E-state index is 10.8. The van der Waals surface area contributed by atoms with Gasteiger partial charge in [-0.15, -0.1) is 0 Å². The van der Waals surface area contributed by atoms with Crippen molar-refractivity contribution in [2.45, 2.75) is 25.8 Å². The molecular weight excluding hydrogens is 306 g/mol. The number of hydrogen-bond donors (Lipinski definition) is 2. The van der Waals surface area contributed by atoms with E-state index in [-0.39, 0.29) is 0 Å². The van der Waals surface area contributed by atoms with Gasteiger partial charge in [0.2, 0.25) is 5.89 Å². The summed E-state index contributed by atoms with van der Waals surface area (Å²) < 4.78 is 5.38. The summed E-state index contributed by atoms with van der Waals surface area (Å²) in [6, 6.07) is 9.64. The molecule has 24 heavy (non-hydrogen) atoms. The molecule has 2 heterocycles. The van der Waals surface area contributed by atoms with Crippen LogP contribution < -0.4 is 11.1 Å². The number of nitrogens with one attached hydrogen (secondary N) is 1. The molecule has 0 unspecified atom stereocenters. The number of aromatic nitrogens is 2. The Labute approximate surface area is 141 Å². The fourth-order valence-corrected chi connectivity index (χ4v) is 3.10. The van der Waals surface area contributed by atoms with E-state index in [0.29, 0.717) is 37.1 Å². The number of rotatable bonds is 6. The summed E-state index contributed by atoms with van der Waals surface area (Å²) in [5, 5.41) is 6.76. The van der Waals surface area contributed by atoms with Crippen molar-refractivity contribution in [3.63, 3.8) is 0 Å². The van der Waals surface area contributed by atoms with Crippen LogP contribution in [-0.4, -0.2) is 40.7 Å². The van der Waals surface area contributed by atoms with Crippen LogP contribution in [0.2, 0.25) is 0 Å². The zero-order valence-corrected chi connectivity index (χ0v) is 13.6. The Balaban J connectivity index is 1.51. The third-order valence-electron chi connectivity index (χ3n) is 4.24. The van der Waals surface area contributed by atoms with Crippen molar-refractivity contribution in [3.8, 4) is 0 Å². The van der Waals surface area contributed by atoms with Crippen LogP contribution in [0.1, 0.15) is 30.1 Å². The van der Waals surface area contributed by atoms with Gasteiger partial charge >= 0.3 is 6.03 Å². The Kier molecular flexibility index (Phi) is 5.43. The number of primary amides is 1. The van der Waals surface area contributed by atoms with Gasteiger partial charge in [0.15, 0.2) is 5.82 Å². The second-order valence-corrected chi connectivity index (χ2v) is 6.26. The summed E-state index contributed by atoms with van der Waals surface area (Å²) in [7, 11) is 0. The number of carbonyl (C=O) groups excluding carboxylic acids is 1. The van der Waals surface area contributed by atoms with E-state index in [2.05, 4.69) is 32.5 Å². The molecule has 0 spiro atoms. The van der Waals surface area contributed by atoms with E-state index in [4.69, 9.17) is 10.3 Å². The van der Waals surface area contributed by atoms with E-state index in [9.17, 15) is 4.79 Å². The van der Waals surface area contributed by atoms with Crippen LogP contribution in [0.4, 0.5) is 4.79 Å². The van der Waals surface area contributed by atoms with E-state index in [1.807, 2.05) is 18.2 Å². The summed E-state index contributed by atoms with van der Waals surface area (Å²) in [6.45, 7) is 3.17. The number of nitrogens with two attached hydrogens (primary N) is 1. The Hall–Kier alpha value is -2.41. The maximum atomic E-state index is 10.8. The number of amides is 2. The second kappa shape index (κ2) is 7.92. The molecule has 2 aromatic rings. The van der Waals surface area contributed by atoms with Crippen LogP contribution in [0.15, 0.2) is 34.9 Å². The molecular formula is C17H23N5O2. The van der Waals surface area contributed by atoms with Crippen molar-refractivity contribution in [1.82, 2.24) is 20.4 Å². The zero-order valence-electron chi connectivity index (χ0n) is 13.6. The van der Waals surface area contributed by atoms with Crippen LogP contribution in [0.3, 0.4) is 0 Å². The molecule has 0 saturated carbocycles. The minimum atomic E-state index is -0.463. The highest BCUT2D eigenvalue weighted by atomic mass is 16.5. The lowest BCUT2D eigenvalue weighted by Gasteiger charge is -2.31. The van der Waals surface area contributed by atoms with Crippen molar-refractivity contribution in [2.24, 2.45) is 11.7 Å².